The van der Waals surface area contributed by atoms with Crippen LogP contribution in [0.3, 0.4) is 0 Å². The first-order valence-electron chi connectivity index (χ1n) is 4.87. The van der Waals surface area contributed by atoms with Gasteiger partial charge in [-0.25, -0.2) is 9.97 Å². The lowest BCUT2D eigenvalue weighted by Gasteiger charge is -2.04. The van der Waals surface area contributed by atoms with Gasteiger partial charge >= 0.3 is 0 Å². The van der Waals surface area contributed by atoms with Crippen LogP contribution in [0, 0.1) is 6.92 Å². The molecule has 2 rings (SSSR count). The summed E-state index contributed by atoms with van der Waals surface area (Å²) < 4.78 is 0. The Morgan fingerprint density at radius 2 is 2.12 bits per heavy atom. The number of rotatable bonds is 2. The van der Waals surface area contributed by atoms with E-state index in [0.717, 1.165) is 5.69 Å². The first-order valence-corrected chi connectivity index (χ1v) is 5.24. The standard InChI is InChI=1S/C11H9ClN4O/c1-7-4-8(2-3-13-7)11(17)16-10-5-9(12)14-6-15-10/h2-6H,1H3,(H,14,15,16,17). The summed E-state index contributed by atoms with van der Waals surface area (Å²) in [6.07, 6.45) is 2.87. The van der Waals surface area contributed by atoms with Crippen molar-refractivity contribution in [2.45, 2.75) is 6.92 Å². The number of anilines is 1. The lowest BCUT2D eigenvalue weighted by molar-refractivity contribution is 0.102. The second-order valence-electron chi connectivity index (χ2n) is 3.37. The Morgan fingerprint density at radius 3 is 2.82 bits per heavy atom. The molecule has 0 radical (unpaired) electrons. The number of nitrogens with zero attached hydrogens (tertiary/aromatic N) is 3. The van der Waals surface area contributed by atoms with Crippen molar-refractivity contribution in [1.29, 1.82) is 0 Å². The number of amides is 1. The summed E-state index contributed by atoms with van der Waals surface area (Å²) in [6, 6.07) is 4.80. The minimum atomic E-state index is -0.259. The summed E-state index contributed by atoms with van der Waals surface area (Å²) in [7, 11) is 0. The lowest BCUT2D eigenvalue weighted by Crippen LogP contribution is -2.13. The van der Waals surface area contributed by atoms with E-state index < -0.39 is 0 Å². The highest BCUT2D eigenvalue weighted by Gasteiger charge is 2.07. The topological polar surface area (TPSA) is 67.8 Å². The van der Waals surface area contributed by atoms with E-state index in [1.54, 1.807) is 18.3 Å². The first kappa shape index (κ1) is 11.5. The van der Waals surface area contributed by atoms with Crippen LogP contribution in [-0.2, 0) is 0 Å². The molecule has 0 bridgehead atoms. The number of aromatic nitrogens is 3. The molecule has 0 saturated heterocycles. The van der Waals surface area contributed by atoms with Crippen LogP contribution >= 0.6 is 11.6 Å². The largest absolute Gasteiger partial charge is 0.306 e. The van der Waals surface area contributed by atoms with Crippen LogP contribution in [0.4, 0.5) is 5.82 Å². The fourth-order valence-electron chi connectivity index (χ4n) is 1.28. The number of aryl methyl sites for hydroxylation is 1. The third-order valence-electron chi connectivity index (χ3n) is 2.03. The van der Waals surface area contributed by atoms with Gasteiger partial charge in [0.2, 0.25) is 0 Å². The van der Waals surface area contributed by atoms with Gasteiger partial charge in [-0.2, -0.15) is 0 Å². The van der Waals surface area contributed by atoms with Crippen molar-refractivity contribution in [3.8, 4) is 0 Å². The Bertz CT molecular complexity index is 559. The van der Waals surface area contributed by atoms with Gasteiger partial charge in [0.05, 0.1) is 0 Å². The maximum atomic E-state index is 11.8. The van der Waals surface area contributed by atoms with E-state index in [-0.39, 0.29) is 11.1 Å². The summed E-state index contributed by atoms with van der Waals surface area (Å²) in [5, 5.41) is 2.90. The molecule has 0 aliphatic carbocycles. The first-order chi connectivity index (χ1) is 8.15. The number of pyridine rings is 1. The molecule has 0 aliphatic heterocycles. The minimum absolute atomic E-state index is 0.259. The van der Waals surface area contributed by atoms with Crippen LogP contribution < -0.4 is 5.32 Å². The zero-order valence-corrected chi connectivity index (χ0v) is 9.77. The highest BCUT2D eigenvalue weighted by atomic mass is 35.5. The minimum Gasteiger partial charge on any atom is -0.306 e. The van der Waals surface area contributed by atoms with Gasteiger partial charge in [0.15, 0.2) is 0 Å². The molecule has 0 unspecified atom stereocenters. The van der Waals surface area contributed by atoms with E-state index in [2.05, 4.69) is 20.3 Å². The van der Waals surface area contributed by atoms with Crippen molar-refractivity contribution >= 4 is 23.3 Å². The van der Waals surface area contributed by atoms with Crippen molar-refractivity contribution in [2.24, 2.45) is 0 Å². The molecule has 6 heteroatoms. The molecule has 0 atom stereocenters. The summed E-state index contributed by atoms with van der Waals surface area (Å²) in [4.78, 5) is 23.5. The predicted octanol–water partition coefficient (Wildman–Crippen LogP) is 2.09. The quantitative estimate of drug-likeness (QED) is 0.827. The van der Waals surface area contributed by atoms with Gasteiger partial charge in [0, 0.05) is 23.5 Å². The second kappa shape index (κ2) is 4.88. The number of hydrogen-bond donors (Lipinski definition) is 1. The highest BCUT2D eigenvalue weighted by molar-refractivity contribution is 6.29. The average molecular weight is 249 g/mol. The molecule has 0 aliphatic rings. The number of nitrogens with one attached hydrogen (secondary N) is 1. The van der Waals surface area contributed by atoms with Gasteiger partial charge in [-0.05, 0) is 19.1 Å². The fourth-order valence-corrected chi connectivity index (χ4v) is 1.42. The van der Waals surface area contributed by atoms with Crippen LogP contribution in [0.2, 0.25) is 5.15 Å². The van der Waals surface area contributed by atoms with E-state index in [0.29, 0.717) is 11.4 Å². The molecule has 0 aromatic carbocycles. The van der Waals surface area contributed by atoms with Crippen molar-refractivity contribution < 1.29 is 4.79 Å². The monoisotopic (exact) mass is 248 g/mol. The van der Waals surface area contributed by atoms with Crippen LogP contribution in [-0.4, -0.2) is 20.9 Å². The molecule has 0 fully saturated rings. The second-order valence-corrected chi connectivity index (χ2v) is 3.75. The average Bonchev–Trinajstić information content (AvgIpc) is 2.29. The molecule has 5 nitrogen and oxygen atoms in total. The summed E-state index contributed by atoms with van der Waals surface area (Å²) in [5.41, 5.74) is 1.30. The maximum Gasteiger partial charge on any atom is 0.256 e. The van der Waals surface area contributed by atoms with Gasteiger partial charge in [-0.1, -0.05) is 11.6 Å². The SMILES string of the molecule is Cc1cc(C(=O)Nc2cc(Cl)ncn2)ccn1. The van der Waals surface area contributed by atoms with Crippen molar-refractivity contribution in [2.75, 3.05) is 5.32 Å². The smallest absolute Gasteiger partial charge is 0.256 e. The third-order valence-corrected chi connectivity index (χ3v) is 2.24. The Hall–Kier alpha value is -2.01. The van der Waals surface area contributed by atoms with E-state index >= 15 is 0 Å². The molecule has 1 amide bonds. The van der Waals surface area contributed by atoms with Crippen LogP contribution in [0.15, 0.2) is 30.7 Å². The van der Waals surface area contributed by atoms with Crippen LogP contribution in [0.25, 0.3) is 0 Å². The Labute approximate surface area is 103 Å². The molecular formula is C11H9ClN4O. The van der Waals surface area contributed by atoms with Crippen LogP contribution in [0.1, 0.15) is 16.1 Å². The normalized spacial score (nSPS) is 10.0. The molecule has 17 heavy (non-hydrogen) atoms. The third kappa shape index (κ3) is 2.98. The van der Waals surface area contributed by atoms with Gasteiger partial charge < -0.3 is 5.32 Å². The van der Waals surface area contributed by atoms with E-state index in [4.69, 9.17) is 11.6 Å². The molecule has 0 spiro atoms. The van der Waals surface area contributed by atoms with E-state index in [1.165, 1.54) is 12.4 Å². The molecule has 2 heterocycles. The number of carbonyl (C=O) groups excluding carboxylic acids is 1. The number of halogens is 1. The highest BCUT2D eigenvalue weighted by Crippen LogP contribution is 2.10. The van der Waals surface area contributed by atoms with Gasteiger partial charge in [-0.3, -0.25) is 9.78 Å². The molecule has 86 valence electrons. The van der Waals surface area contributed by atoms with Crippen molar-refractivity contribution in [3.05, 3.63) is 47.1 Å². The molecular weight excluding hydrogens is 240 g/mol. The predicted molar refractivity (Wildman–Crippen MR) is 64.0 cm³/mol. The molecule has 2 aromatic heterocycles. The van der Waals surface area contributed by atoms with Gasteiger partial charge in [0.25, 0.3) is 5.91 Å². The summed E-state index contributed by atoms with van der Waals surface area (Å²) in [5.74, 6) is 0.106. The number of carbonyl (C=O) groups is 1. The van der Waals surface area contributed by atoms with Gasteiger partial charge in [0.1, 0.15) is 17.3 Å². The Kier molecular flexibility index (Phi) is 3.30. The van der Waals surface area contributed by atoms with Crippen LogP contribution in [0.5, 0.6) is 0 Å². The molecule has 1 N–H and O–H groups in total. The lowest BCUT2D eigenvalue weighted by atomic mass is 10.2. The summed E-state index contributed by atoms with van der Waals surface area (Å²) >= 11 is 5.69. The fraction of sp³-hybridized carbons (Fsp3) is 0.0909. The Balaban J connectivity index is 2.17. The molecule has 2 aromatic rings. The maximum absolute atomic E-state index is 11.8. The molecule has 0 saturated carbocycles. The van der Waals surface area contributed by atoms with E-state index in [1.807, 2.05) is 6.92 Å². The summed E-state index contributed by atoms with van der Waals surface area (Å²) in [6.45, 7) is 1.82. The zero-order valence-electron chi connectivity index (χ0n) is 9.01. The zero-order chi connectivity index (χ0) is 12.3. The van der Waals surface area contributed by atoms with Crippen molar-refractivity contribution in [1.82, 2.24) is 15.0 Å². The van der Waals surface area contributed by atoms with Gasteiger partial charge in [-0.15, -0.1) is 0 Å². The van der Waals surface area contributed by atoms with Crippen molar-refractivity contribution in [3.63, 3.8) is 0 Å². The Morgan fingerprint density at radius 1 is 1.29 bits per heavy atom. The van der Waals surface area contributed by atoms with E-state index in [9.17, 15) is 4.79 Å². The number of hydrogen-bond acceptors (Lipinski definition) is 4.